The molecule has 74 valence electrons. The third-order valence-corrected chi connectivity index (χ3v) is 2.39. The summed E-state index contributed by atoms with van der Waals surface area (Å²) in [6.45, 7) is 0.617. The van der Waals surface area contributed by atoms with Crippen molar-refractivity contribution in [2.75, 3.05) is 11.4 Å². The molecule has 1 aromatic rings. The molecule has 0 aromatic heterocycles. The van der Waals surface area contributed by atoms with Gasteiger partial charge in [0.05, 0.1) is 6.04 Å². The lowest BCUT2D eigenvalue weighted by atomic mass is 10.3. The maximum atomic E-state index is 12.6. The Balaban J connectivity index is 2.24. The van der Waals surface area contributed by atoms with Crippen LogP contribution in [0.1, 0.15) is 6.42 Å². The number of amides is 1. The van der Waals surface area contributed by atoms with Crippen molar-refractivity contribution in [3.63, 3.8) is 0 Å². The molecule has 2 rings (SSSR count). The van der Waals surface area contributed by atoms with E-state index in [1.165, 1.54) is 12.1 Å². The van der Waals surface area contributed by atoms with Gasteiger partial charge in [0.15, 0.2) is 0 Å². The Morgan fingerprint density at radius 1 is 1.36 bits per heavy atom. The van der Waals surface area contributed by atoms with Crippen LogP contribution in [0.3, 0.4) is 0 Å². The molecule has 14 heavy (non-hydrogen) atoms. The molecule has 1 aromatic carbocycles. The normalized spacial score (nSPS) is 21.7. The quantitative estimate of drug-likeness (QED) is 0.721. The molecular weight excluding hydrogens is 183 g/mol. The average molecular weight is 194 g/mol. The fourth-order valence-electron chi connectivity index (χ4n) is 1.58. The number of rotatable bonds is 1. The van der Waals surface area contributed by atoms with Crippen molar-refractivity contribution in [2.45, 2.75) is 12.5 Å². The van der Waals surface area contributed by atoms with Crippen LogP contribution < -0.4 is 10.6 Å². The van der Waals surface area contributed by atoms with Gasteiger partial charge in [0, 0.05) is 12.2 Å². The second-order valence-corrected chi connectivity index (χ2v) is 3.36. The topological polar surface area (TPSA) is 46.3 Å². The summed E-state index contributed by atoms with van der Waals surface area (Å²) in [4.78, 5) is 13.1. The van der Waals surface area contributed by atoms with E-state index in [9.17, 15) is 9.18 Å². The third-order valence-electron chi connectivity index (χ3n) is 2.39. The Morgan fingerprint density at radius 3 is 2.50 bits per heavy atom. The second kappa shape index (κ2) is 3.38. The van der Waals surface area contributed by atoms with Gasteiger partial charge in [-0.25, -0.2) is 4.39 Å². The lowest BCUT2D eigenvalue weighted by molar-refractivity contribution is -0.118. The summed E-state index contributed by atoms with van der Waals surface area (Å²) in [5.41, 5.74) is 6.28. The first-order chi connectivity index (χ1) is 6.68. The zero-order valence-electron chi connectivity index (χ0n) is 7.61. The largest absolute Gasteiger partial charge is 0.320 e. The minimum atomic E-state index is -0.403. The number of carbonyl (C=O) groups is 1. The van der Waals surface area contributed by atoms with E-state index in [1.54, 1.807) is 17.0 Å². The molecular formula is C10H11FN2O. The van der Waals surface area contributed by atoms with E-state index in [-0.39, 0.29) is 11.7 Å². The molecule has 1 atom stereocenters. The van der Waals surface area contributed by atoms with Crippen molar-refractivity contribution in [3.05, 3.63) is 30.1 Å². The van der Waals surface area contributed by atoms with Gasteiger partial charge in [-0.3, -0.25) is 4.79 Å². The van der Waals surface area contributed by atoms with Crippen LogP contribution in [-0.4, -0.2) is 18.5 Å². The highest BCUT2D eigenvalue weighted by atomic mass is 19.1. The molecule has 1 fully saturated rings. The van der Waals surface area contributed by atoms with E-state index in [1.807, 2.05) is 0 Å². The molecule has 1 saturated heterocycles. The van der Waals surface area contributed by atoms with Gasteiger partial charge in [0.1, 0.15) is 5.82 Å². The number of hydrogen-bond acceptors (Lipinski definition) is 2. The molecule has 0 saturated carbocycles. The predicted octanol–water partition coefficient (Wildman–Crippen LogP) is 0.890. The molecule has 1 aliphatic heterocycles. The van der Waals surface area contributed by atoms with E-state index in [2.05, 4.69) is 0 Å². The smallest absolute Gasteiger partial charge is 0.243 e. The van der Waals surface area contributed by atoms with Crippen LogP contribution in [0, 0.1) is 5.82 Å². The van der Waals surface area contributed by atoms with Crippen LogP contribution in [0.25, 0.3) is 0 Å². The summed E-state index contributed by atoms with van der Waals surface area (Å²) in [6.07, 6.45) is 0.663. The number of nitrogens with zero attached hydrogens (tertiary/aromatic N) is 1. The molecule has 4 heteroatoms. The van der Waals surface area contributed by atoms with Crippen LogP contribution in [0.5, 0.6) is 0 Å². The lowest BCUT2D eigenvalue weighted by Gasteiger charge is -2.15. The molecule has 1 amide bonds. The highest BCUT2D eigenvalue weighted by molar-refractivity contribution is 5.99. The highest BCUT2D eigenvalue weighted by Crippen LogP contribution is 2.20. The molecule has 1 unspecified atom stereocenters. The summed E-state index contributed by atoms with van der Waals surface area (Å²) in [5, 5.41) is 0. The zero-order valence-corrected chi connectivity index (χ0v) is 7.61. The van der Waals surface area contributed by atoms with Gasteiger partial charge in [-0.2, -0.15) is 0 Å². The van der Waals surface area contributed by atoms with Crippen molar-refractivity contribution in [2.24, 2.45) is 5.73 Å². The molecule has 1 aliphatic rings. The number of anilines is 1. The van der Waals surface area contributed by atoms with Crippen LogP contribution in [0.4, 0.5) is 10.1 Å². The minimum Gasteiger partial charge on any atom is -0.320 e. The summed E-state index contributed by atoms with van der Waals surface area (Å²) < 4.78 is 12.6. The van der Waals surface area contributed by atoms with Crippen LogP contribution in [-0.2, 0) is 4.79 Å². The number of nitrogens with two attached hydrogens (primary N) is 1. The first kappa shape index (κ1) is 9.15. The van der Waals surface area contributed by atoms with Gasteiger partial charge in [0.25, 0.3) is 0 Å². The average Bonchev–Trinajstić information content (AvgIpc) is 2.50. The summed E-state index contributed by atoms with van der Waals surface area (Å²) >= 11 is 0. The van der Waals surface area contributed by atoms with Crippen molar-refractivity contribution in [1.82, 2.24) is 0 Å². The Kier molecular flexibility index (Phi) is 2.21. The van der Waals surface area contributed by atoms with Gasteiger partial charge in [-0.05, 0) is 30.7 Å². The highest BCUT2D eigenvalue weighted by Gasteiger charge is 2.29. The molecule has 3 nitrogen and oxygen atoms in total. The standard InChI is InChI=1S/C10H11FN2O/c11-7-1-3-8(4-2-7)13-6-5-9(12)10(13)14/h1-4,9H,5-6,12H2. The van der Waals surface area contributed by atoms with Crippen LogP contribution in [0.2, 0.25) is 0 Å². The first-order valence-electron chi connectivity index (χ1n) is 4.51. The molecule has 0 bridgehead atoms. The maximum absolute atomic E-state index is 12.6. The van der Waals surface area contributed by atoms with Crippen molar-refractivity contribution >= 4 is 11.6 Å². The Labute approximate surface area is 81.3 Å². The molecule has 1 heterocycles. The fourth-order valence-corrected chi connectivity index (χ4v) is 1.58. The molecule has 0 aliphatic carbocycles. The fraction of sp³-hybridized carbons (Fsp3) is 0.300. The van der Waals surface area contributed by atoms with E-state index in [0.29, 0.717) is 18.7 Å². The van der Waals surface area contributed by atoms with Gasteiger partial charge in [-0.1, -0.05) is 0 Å². The SMILES string of the molecule is NC1CCN(c2ccc(F)cc2)C1=O. The van der Waals surface area contributed by atoms with E-state index in [0.717, 1.165) is 0 Å². The minimum absolute atomic E-state index is 0.0865. The number of hydrogen-bond donors (Lipinski definition) is 1. The van der Waals surface area contributed by atoms with Gasteiger partial charge < -0.3 is 10.6 Å². The first-order valence-corrected chi connectivity index (χ1v) is 4.51. The number of halogens is 1. The predicted molar refractivity (Wildman–Crippen MR) is 51.3 cm³/mol. The summed E-state index contributed by atoms with van der Waals surface area (Å²) in [7, 11) is 0. The Morgan fingerprint density at radius 2 is 2.00 bits per heavy atom. The summed E-state index contributed by atoms with van der Waals surface area (Å²) in [5.74, 6) is -0.388. The monoisotopic (exact) mass is 194 g/mol. The molecule has 2 N–H and O–H groups in total. The number of carbonyl (C=O) groups excluding carboxylic acids is 1. The summed E-state index contributed by atoms with van der Waals surface area (Å²) in [6, 6.07) is 5.45. The van der Waals surface area contributed by atoms with E-state index >= 15 is 0 Å². The maximum Gasteiger partial charge on any atom is 0.243 e. The van der Waals surface area contributed by atoms with Crippen LogP contribution in [0.15, 0.2) is 24.3 Å². The van der Waals surface area contributed by atoms with Gasteiger partial charge in [-0.15, -0.1) is 0 Å². The zero-order chi connectivity index (χ0) is 10.1. The van der Waals surface area contributed by atoms with E-state index < -0.39 is 6.04 Å². The van der Waals surface area contributed by atoms with E-state index in [4.69, 9.17) is 5.73 Å². The van der Waals surface area contributed by atoms with Crippen molar-refractivity contribution in [1.29, 1.82) is 0 Å². The van der Waals surface area contributed by atoms with Gasteiger partial charge in [0.2, 0.25) is 5.91 Å². The van der Waals surface area contributed by atoms with Crippen molar-refractivity contribution < 1.29 is 9.18 Å². The third kappa shape index (κ3) is 1.48. The van der Waals surface area contributed by atoms with Gasteiger partial charge >= 0.3 is 0 Å². The van der Waals surface area contributed by atoms with Crippen LogP contribution >= 0.6 is 0 Å². The molecule has 0 radical (unpaired) electrons. The Bertz CT molecular complexity index is 350. The molecule has 0 spiro atoms. The Hall–Kier alpha value is -1.42. The second-order valence-electron chi connectivity index (χ2n) is 3.36. The van der Waals surface area contributed by atoms with Crippen molar-refractivity contribution in [3.8, 4) is 0 Å². The lowest BCUT2D eigenvalue weighted by Crippen LogP contribution is -2.33. The number of benzene rings is 1.